The minimum absolute atomic E-state index is 0.109. The molecule has 0 aliphatic heterocycles. The fraction of sp³-hybridized carbons (Fsp3) is 0.0769. The molecule has 2 heteroatoms. The quantitative estimate of drug-likeness (QED) is 0.779. The van der Waals surface area contributed by atoms with Crippen LogP contribution in [-0.2, 0) is 0 Å². The Balaban J connectivity index is 2.37. The third kappa shape index (κ3) is 2.00. The van der Waals surface area contributed by atoms with Crippen molar-refractivity contribution in [3.8, 4) is 5.75 Å². The van der Waals surface area contributed by atoms with E-state index in [0.717, 1.165) is 5.56 Å². The molecule has 0 saturated heterocycles. The monoisotopic (exact) mass is 199 g/mol. The summed E-state index contributed by atoms with van der Waals surface area (Å²) in [5.41, 5.74) is 1.26. The minimum Gasteiger partial charge on any atom is -0.508 e. The molecule has 0 aliphatic rings. The molecule has 1 atom stereocenters. The number of aromatic hydroxyl groups is 1. The highest BCUT2D eigenvalue weighted by Crippen LogP contribution is 2.28. The lowest BCUT2D eigenvalue weighted by Gasteiger charge is -2.12. The van der Waals surface area contributed by atoms with Gasteiger partial charge in [-0.3, -0.25) is 0 Å². The number of phenols is 1. The van der Waals surface area contributed by atoms with Crippen LogP contribution in [0.1, 0.15) is 17.2 Å². The maximum absolute atomic E-state index is 10.00. The zero-order chi connectivity index (χ0) is 10.7. The van der Waals surface area contributed by atoms with Crippen molar-refractivity contribution in [3.05, 3.63) is 65.7 Å². The van der Waals surface area contributed by atoms with Gasteiger partial charge in [-0.15, -0.1) is 0 Å². The summed E-state index contributed by atoms with van der Waals surface area (Å²) < 4.78 is 0. The maximum Gasteiger partial charge on any atom is 0.121 e. The van der Waals surface area contributed by atoms with Crippen LogP contribution in [0.5, 0.6) is 5.75 Å². The summed E-state index contributed by atoms with van der Waals surface area (Å²) in [6, 6.07) is 16.7. The predicted octanol–water partition coefficient (Wildman–Crippen LogP) is 2.27. The molecule has 0 bridgehead atoms. The molecule has 0 spiro atoms. The highest BCUT2D eigenvalue weighted by atomic mass is 16.3. The van der Waals surface area contributed by atoms with Gasteiger partial charge in [0.15, 0.2) is 0 Å². The molecular formula is C13H11O2. The normalized spacial score (nSPS) is 12.3. The van der Waals surface area contributed by atoms with Gasteiger partial charge in [-0.05, 0) is 17.7 Å². The summed E-state index contributed by atoms with van der Waals surface area (Å²) in [6.45, 7) is 0. The first kappa shape index (κ1) is 9.74. The number of aliphatic hydroxyl groups excluding tert-OH is 1. The fourth-order valence-corrected chi connectivity index (χ4v) is 1.48. The molecule has 0 aromatic heterocycles. The molecule has 2 aromatic carbocycles. The van der Waals surface area contributed by atoms with E-state index in [1.165, 1.54) is 0 Å². The van der Waals surface area contributed by atoms with E-state index in [0.29, 0.717) is 5.56 Å². The summed E-state index contributed by atoms with van der Waals surface area (Å²) in [7, 11) is 0. The molecular weight excluding hydrogens is 188 g/mol. The second kappa shape index (κ2) is 4.15. The Bertz CT molecular complexity index is 437. The molecule has 2 N–H and O–H groups in total. The average molecular weight is 199 g/mol. The number of hydrogen-bond acceptors (Lipinski definition) is 2. The molecule has 2 aromatic rings. The van der Waals surface area contributed by atoms with Crippen LogP contribution in [0.25, 0.3) is 0 Å². The van der Waals surface area contributed by atoms with E-state index in [1.54, 1.807) is 48.5 Å². The van der Waals surface area contributed by atoms with Crippen LogP contribution in [0.4, 0.5) is 0 Å². The van der Waals surface area contributed by atoms with Crippen molar-refractivity contribution in [2.24, 2.45) is 0 Å². The first-order valence-corrected chi connectivity index (χ1v) is 4.71. The predicted molar refractivity (Wildman–Crippen MR) is 57.4 cm³/mol. The standard InChI is InChI=1S/C13H11O2/c14-12-9-5-4-8-11(12)13(15)10-6-2-1-3-7-10/h2-9,13-15H. The van der Waals surface area contributed by atoms with E-state index in [-0.39, 0.29) is 5.75 Å². The van der Waals surface area contributed by atoms with Gasteiger partial charge in [-0.2, -0.15) is 0 Å². The van der Waals surface area contributed by atoms with E-state index in [1.807, 2.05) is 0 Å². The zero-order valence-electron chi connectivity index (χ0n) is 8.09. The van der Waals surface area contributed by atoms with Crippen LogP contribution in [0.3, 0.4) is 0 Å². The third-order valence-corrected chi connectivity index (χ3v) is 2.29. The minimum atomic E-state index is -0.791. The number of benzene rings is 2. The number of aliphatic hydroxyl groups is 1. The van der Waals surface area contributed by atoms with Crippen molar-refractivity contribution in [1.29, 1.82) is 0 Å². The topological polar surface area (TPSA) is 40.5 Å². The summed E-state index contributed by atoms with van der Waals surface area (Å²) in [4.78, 5) is 0. The number of phenolic OH excluding ortho intramolecular Hbond substituents is 1. The van der Waals surface area contributed by atoms with E-state index >= 15 is 0 Å². The second-order valence-electron chi connectivity index (χ2n) is 3.29. The molecule has 2 rings (SSSR count). The van der Waals surface area contributed by atoms with Crippen molar-refractivity contribution in [1.82, 2.24) is 0 Å². The Hall–Kier alpha value is -1.80. The summed E-state index contributed by atoms with van der Waals surface area (Å²) in [5.74, 6) is 0.109. The van der Waals surface area contributed by atoms with Gasteiger partial charge in [-0.25, -0.2) is 0 Å². The maximum atomic E-state index is 10.00. The molecule has 0 fully saturated rings. The molecule has 0 heterocycles. The van der Waals surface area contributed by atoms with Gasteiger partial charge in [0.1, 0.15) is 11.9 Å². The van der Waals surface area contributed by atoms with E-state index < -0.39 is 6.10 Å². The Morgan fingerprint density at radius 3 is 2.33 bits per heavy atom. The molecule has 1 unspecified atom stereocenters. The Labute approximate surface area is 88.4 Å². The van der Waals surface area contributed by atoms with Crippen LogP contribution in [0, 0.1) is 6.07 Å². The van der Waals surface area contributed by atoms with E-state index in [2.05, 4.69) is 6.07 Å². The van der Waals surface area contributed by atoms with Crippen LogP contribution in [0.2, 0.25) is 0 Å². The molecule has 15 heavy (non-hydrogen) atoms. The summed E-state index contributed by atoms with van der Waals surface area (Å²) >= 11 is 0. The molecule has 0 saturated carbocycles. The van der Waals surface area contributed by atoms with Crippen molar-refractivity contribution < 1.29 is 10.2 Å². The summed E-state index contributed by atoms with van der Waals surface area (Å²) in [5, 5.41) is 19.6. The highest BCUT2D eigenvalue weighted by molar-refractivity contribution is 5.38. The largest absolute Gasteiger partial charge is 0.508 e. The third-order valence-electron chi connectivity index (χ3n) is 2.29. The Morgan fingerprint density at radius 2 is 1.67 bits per heavy atom. The Kier molecular flexibility index (Phi) is 2.70. The molecule has 75 valence electrons. The van der Waals surface area contributed by atoms with Gasteiger partial charge >= 0.3 is 0 Å². The smallest absolute Gasteiger partial charge is 0.121 e. The number of rotatable bonds is 2. The Morgan fingerprint density at radius 1 is 1.00 bits per heavy atom. The SMILES string of the molecule is Oc1ccccc1C(O)c1cc[c]cc1. The van der Waals surface area contributed by atoms with Crippen molar-refractivity contribution >= 4 is 0 Å². The van der Waals surface area contributed by atoms with Crippen molar-refractivity contribution in [3.63, 3.8) is 0 Å². The average Bonchev–Trinajstić information content (AvgIpc) is 2.30. The lowest BCUT2D eigenvalue weighted by Crippen LogP contribution is -1.99. The summed E-state index contributed by atoms with van der Waals surface area (Å²) in [6.07, 6.45) is -0.791. The molecule has 2 nitrogen and oxygen atoms in total. The van der Waals surface area contributed by atoms with Crippen LogP contribution in [-0.4, -0.2) is 10.2 Å². The molecule has 0 amide bonds. The fourth-order valence-electron chi connectivity index (χ4n) is 1.48. The zero-order valence-corrected chi connectivity index (χ0v) is 8.09. The number of para-hydroxylation sites is 1. The van der Waals surface area contributed by atoms with E-state index in [4.69, 9.17) is 0 Å². The van der Waals surface area contributed by atoms with Crippen molar-refractivity contribution in [2.45, 2.75) is 6.10 Å². The first-order chi connectivity index (χ1) is 7.29. The van der Waals surface area contributed by atoms with Crippen LogP contribution >= 0.6 is 0 Å². The molecule has 1 radical (unpaired) electrons. The number of hydrogen-bond donors (Lipinski definition) is 2. The lowest BCUT2D eigenvalue weighted by molar-refractivity contribution is 0.215. The van der Waals surface area contributed by atoms with Gasteiger partial charge < -0.3 is 10.2 Å². The van der Waals surface area contributed by atoms with Crippen LogP contribution in [0.15, 0.2) is 48.5 Å². The van der Waals surface area contributed by atoms with Gasteiger partial charge in [-0.1, -0.05) is 42.5 Å². The van der Waals surface area contributed by atoms with Gasteiger partial charge in [0.25, 0.3) is 0 Å². The van der Waals surface area contributed by atoms with Crippen LogP contribution < -0.4 is 0 Å². The van der Waals surface area contributed by atoms with Crippen molar-refractivity contribution in [2.75, 3.05) is 0 Å². The second-order valence-corrected chi connectivity index (χ2v) is 3.29. The first-order valence-electron chi connectivity index (χ1n) is 4.71. The van der Waals surface area contributed by atoms with Gasteiger partial charge in [0.2, 0.25) is 0 Å². The van der Waals surface area contributed by atoms with Gasteiger partial charge in [0.05, 0.1) is 0 Å². The highest BCUT2D eigenvalue weighted by Gasteiger charge is 2.12. The van der Waals surface area contributed by atoms with Gasteiger partial charge in [0, 0.05) is 5.56 Å². The molecule has 0 aliphatic carbocycles. The lowest BCUT2D eigenvalue weighted by atomic mass is 10.0. The van der Waals surface area contributed by atoms with E-state index in [9.17, 15) is 10.2 Å².